The molecule has 0 bridgehead atoms. The summed E-state index contributed by atoms with van der Waals surface area (Å²) in [6.07, 6.45) is 7.49. The van der Waals surface area contributed by atoms with Gasteiger partial charge in [0.15, 0.2) is 0 Å². The quantitative estimate of drug-likeness (QED) is 0.0292. The van der Waals surface area contributed by atoms with E-state index in [-0.39, 0.29) is 33.8 Å². The molecule has 10 nitrogen and oxygen atoms in total. The van der Waals surface area contributed by atoms with Crippen molar-refractivity contribution in [1.29, 1.82) is 0 Å². The molecule has 2 saturated heterocycles. The molecule has 2 unspecified atom stereocenters. The van der Waals surface area contributed by atoms with E-state index in [0.29, 0.717) is 51.1 Å². The van der Waals surface area contributed by atoms with Crippen molar-refractivity contribution < 1.29 is 56.3 Å². The first-order valence-electron chi connectivity index (χ1n) is 21.3. The molecule has 2 fully saturated rings. The van der Waals surface area contributed by atoms with Gasteiger partial charge in [0.1, 0.15) is 45.8 Å². The summed E-state index contributed by atoms with van der Waals surface area (Å²) in [5.74, 6) is -1.92. The summed E-state index contributed by atoms with van der Waals surface area (Å²) < 4.78 is 74.9. The van der Waals surface area contributed by atoms with Crippen LogP contribution in [0.1, 0.15) is 111 Å². The van der Waals surface area contributed by atoms with Crippen LogP contribution in [0.15, 0.2) is 72.8 Å². The van der Waals surface area contributed by atoms with E-state index in [9.17, 15) is 9.59 Å². The van der Waals surface area contributed by atoms with Crippen molar-refractivity contribution in [2.24, 2.45) is 0 Å². The molecule has 12 heteroatoms. The van der Waals surface area contributed by atoms with Gasteiger partial charge in [0.2, 0.25) is 0 Å². The Bertz CT molecular complexity index is 2030. The molecule has 7 rings (SSSR count). The second-order valence-electron chi connectivity index (χ2n) is 17.2. The third kappa shape index (κ3) is 11.7. The number of epoxide rings is 2. The molecular formula is C49H56F2O10. The largest absolute Gasteiger partial charge is 0.493 e. The SMILES string of the molecule is CC1(COCCCCCCOc2ccc(C(=O)Oc3ccc4c(c3)C(C)(C)c3cc(OC(=O)c5ccc(OCCCCCCOCC6(C)CO6)cc5F)ccc3-4)c(F)c2)CO1. The van der Waals surface area contributed by atoms with Crippen LogP contribution in [0.2, 0.25) is 0 Å². The van der Waals surface area contributed by atoms with E-state index < -0.39 is 29.0 Å². The van der Waals surface area contributed by atoms with Crippen LogP contribution in [0.25, 0.3) is 11.1 Å². The minimum absolute atomic E-state index is 0.0875. The van der Waals surface area contributed by atoms with Crippen LogP contribution in [0.4, 0.5) is 8.78 Å². The summed E-state index contributed by atoms with van der Waals surface area (Å²) in [6.45, 7) is 13.1. The van der Waals surface area contributed by atoms with Crippen LogP contribution >= 0.6 is 0 Å². The van der Waals surface area contributed by atoms with Gasteiger partial charge < -0.3 is 37.9 Å². The van der Waals surface area contributed by atoms with Gasteiger partial charge in [-0.3, -0.25) is 0 Å². The molecule has 0 saturated carbocycles. The van der Waals surface area contributed by atoms with Crippen molar-refractivity contribution >= 4 is 11.9 Å². The number of hydrogen-bond donors (Lipinski definition) is 0. The lowest BCUT2D eigenvalue weighted by Gasteiger charge is -2.22. The van der Waals surface area contributed by atoms with Gasteiger partial charge in [-0.05, 0) is 123 Å². The molecule has 0 amide bonds. The van der Waals surface area contributed by atoms with Gasteiger partial charge in [-0.1, -0.05) is 38.8 Å². The van der Waals surface area contributed by atoms with Gasteiger partial charge in [0.25, 0.3) is 0 Å². The van der Waals surface area contributed by atoms with E-state index >= 15 is 8.78 Å². The maximum absolute atomic E-state index is 15.1. The van der Waals surface area contributed by atoms with Crippen molar-refractivity contribution in [2.75, 3.05) is 52.9 Å². The average Bonchev–Trinajstić information content (AvgIpc) is 4.15. The lowest BCUT2D eigenvalue weighted by Crippen LogP contribution is -2.16. The van der Waals surface area contributed by atoms with Crippen LogP contribution in [0.3, 0.4) is 0 Å². The third-order valence-corrected chi connectivity index (χ3v) is 11.4. The molecule has 2 aliphatic heterocycles. The smallest absolute Gasteiger partial charge is 0.346 e. The van der Waals surface area contributed by atoms with Crippen LogP contribution < -0.4 is 18.9 Å². The summed E-state index contributed by atoms with van der Waals surface area (Å²) in [7, 11) is 0. The first-order valence-corrected chi connectivity index (χ1v) is 21.3. The van der Waals surface area contributed by atoms with E-state index in [0.717, 1.165) is 86.8 Å². The zero-order chi connectivity index (χ0) is 43.0. The van der Waals surface area contributed by atoms with Gasteiger partial charge in [0, 0.05) is 30.8 Å². The van der Waals surface area contributed by atoms with Crippen LogP contribution in [0.5, 0.6) is 23.0 Å². The average molecular weight is 843 g/mol. The topological polar surface area (TPSA) is 115 Å². The number of ether oxygens (including phenoxy) is 8. The number of esters is 2. The molecule has 326 valence electrons. The first-order chi connectivity index (χ1) is 29.3. The number of carbonyl (C=O) groups is 2. The van der Waals surface area contributed by atoms with E-state index in [1.807, 2.05) is 39.8 Å². The first kappa shape index (κ1) is 44.2. The molecule has 0 N–H and O–H groups in total. The zero-order valence-corrected chi connectivity index (χ0v) is 35.6. The van der Waals surface area contributed by atoms with Crippen LogP contribution in [0, 0.1) is 11.6 Å². The Morgan fingerprint density at radius 3 is 1.28 bits per heavy atom. The van der Waals surface area contributed by atoms with Crippen LogP contribution in [-0.2, 0) is 24.4 Å². The number of fused-ring (bicyclic) bond motifs is 3. The van der Waals surface area contributed by atoms with E-state index in [2.05, 4.69) is 0 Å². The molecule has 4 aromatic rings. The molecule has 2 heterocycles. The van der Waals surface area contributed by atoms with Crippen molar-refractivity contribution in [3.8, 4) is 34.1 Å². The summed E-state index contributed by atoms with van der Waals surface area (Å²) in [6, 6.07) is 18.8. The minimum Gasteiger partial charge on any atom is -0.493 e. The molecule has 0 spiro atoms. The Labute approximate surface area is 356 Å². The summed E-state index contributed by atoms with van der Waals surface area (Å²) in [4.78, 5) is 26.2. The highest BCUT2D eigenvalue weighted by molar-refractivity contribution is 5.93. The number of halogens is 2. The third-order valence-electron chi connectivity index (χ3n) is 11.4. The summed E-state index contributed by atoms with van der Waals surface area (Å²) in [5, 5.41) is 0. The lowest BCUT2D eigenvalue weighted by atomic mass is 9.82. The number of unbranched alkanes of at least 4 members (excludes halogenated alkanes) is 6. The molecule has 0 radical (unpaired) electrons. The van der Waals surface area contributed by atoms with Crippen molar-refractivity contribution in [3.63, 3.8) is 0 Å². The van der Waals surface area contributed by atoms with E-state index in [4.69, 9.17) is 37.9 Å². The molecule has 0 aromatic heterocycles. The lowest BCUT2D eigenvalue weighted by molar-refractivity contribution is 0.0719. The highest BCUT2D eigenvalue weighted by Gasteiger charge is 2.40. The Morgan fingerprint density at radius 2 is 0.902 bits per heavy atom. The fraction of sp³-hybridized carbons (Fsp3) is 0.469. The Hall–Kier alpha value is -4.88. The fourth-order valence-corrected chi connectivity index (χ4v) is 7.34. The number of rotatable bonds is 24. The molecule has 4 aromatic carbocycles. The van der Waals surface area contributed by atoms with Crippen molar-refractivity contribution in [3.05, 3.63) is 107 Å². The molecule has 3 aliphatic rings. The van der Waals surface area contributed by atoms with Gasteiger partial charge in [-0.15, -0.1) is 0 Å². The summed E-state index contributed by atoms with van der Waals surface area (Å²) in [5.41, 5.74) is 2.42. The number of carbonyl (C=O) groups excluding carboxylic acids is 2. The number of benzene rings is 4. The maximum atomic E-state index is 15.1. The van der Waals surface area contributed by atoms with Crippen LogP contribution in [-0.4, -0.2) is 76.0 Å². The highest BCUT2D eigenvalue weighted by atomic mass is 19.1. The molecular weight excluding hydrogens is 787 g/mol. The van der Waals surface area contributed by atoms with Gasteiger partial charge >= 0.3 is 11.9 Å². The van der Waals surface area contributed by atoms with Crippen molar-refractivity contribution in [1.82, 2.24) is 0 Å². The summed E-state index contributed by atoms with van der Waals surface area (Å²) >= 11 is 0. The Kier molecular flexibility index (Phi) is 14.1. The molecule has 1 aliphatic carbocycles. The second kappa shape index (κ2) is 19.4. The second-order valence-corrected chi connectivity index (χ2v) is 17.2. The molecule has 2 atom stereocenters. The fourth-order valence-electron chi connectivity index (χ4n) is 7.34. The van der Waals surface area contributed by atoms with Gasteiger partial charge in [0.05, 0.1) is 50.8 Å². The standard InChI is InChI=1S/C49H56F2O10/c1-47(2)41-25-35(60-45(52)39-19-13-33(27-43(39)50)56-23-11-7-5-9-21-54-29-48(3)31-58-48)15-17-37(41)38-18-16-36(26-42(38)47)61-46(53)40-20-14-34(28-44(40)51)57-24-12-8-6-10-22-55-30-49(4)32-59-49/h13-20,25-28H,5-12,21-24,29-32H2,1-4H3. The van der Waals surface area contributed by atoms with E-state index in [1.165, 1.54) is 24.3 Å². The Balaban J connectivity index is 0.858. The Morgan fingerprint density at radius 1 is 0.525 bits per heavy atom. The van der Waals surface area contributed by atoms with Gasteiger partial charge in [-0.2, -0.15) is 0 Å². The zero-order valence-electron chi connectivity index (χ0n) is 35.6. The predicted octanol–water partition coefficient (Wildman–Crippen LogP) is 10.2. The van der Waals surface area contributed by atoms with E-state index in [1.54, 1.807) is 36.4 Å². The predicted molar refractivity (Wildman–Crippen MR) is 225 cm³/mol. The maximum Gasteiger partial charge on any atom is 0.346 e. The van der Waals surface area contributed by atoms with Gasteiger partial charge in [-0.25, -0.2) is 18.4 Å². The minimum atomic E-state index is -0.829. The monoisotopic (exact) mass is 842 g/mol. The number of hydrogen-bond acceptors (Lipinski definition) is 10. The molecule has 61 heavy (non-hydrogen) atoms. The van der Waals surface area contributed by atoms with Crippen molar-refractivity contribution in [2.45, 2.75) is 95.7 Å². The highest BCUT2D eigenvalue weighted by Crippen LogP contribution is 2.50. The normalized spacial score (nSPS) is 19.2.